The quantitative estimate of drug-likeness (QED) is 0.524. The Balaban J connectivity index is 1.97. The summed E-state index contributed by atoms with van der Waals surface area (Å²) in [5.41, 5.74) is 9.01. The zero-order valence-electron chi connectivity index (χ0n) is 16.0. The van der Waals surface area contributed by atoms with Gasteiger partial charge < -0.3 is 9.67 Å². The van der Waals surface area contributed by atoms with Gasteiger partial charge in [-0.15, -0.1) is 0 Å². The second kappa shape index (κ2) is 7.01. The summed E-state index contributed by atoms with van der Waals surface area (Å²) in [5, 5.41) is 9.46. The van der Waals surface area contributed by atoms with Crippen molar-refractivity contribution in [2.24, 2.45) is 0 Å². The molecule has 0 saturated carbocycles. The van der Waals surface area contributed by atoms with Gasteiger partial charge in [0.25, 0.3) is 0 Å². The first-order valence-corrected chi connectivity index (χ1v) is 9.39. The highest BCUT2D eigenvalue weighted by Gasteiger charge is 2.16. The van der Waals surface area contributed by atoms with E-state index in [1.807, 2.05) is 12.1 Å². The molecule has 0 aliphatic rings. The number of rotatable bonds is 4. The predicted octanol–water partition coefficient (Wildman–Crippen LogP) is 5.50. The number of aromatic nitrogens is 2. The first kappa shape index (κ1) is 17.5. The maximum Gasteiger partial charge on any atom is 0.141 e. The maximum atomic E-state index is 9.46. The zero-order chi connectivity index (χ0) is 19.0. The Hall–Kier alpha value is -2.91. The molecule has 4 rings (SSSR count). The van der Waals surface area contributed by atoms with E-state index in [0.29, 0.717) is 0 Å². The summed E-state index contributed by atoms with van der Waals surface area (Å²) in [6, 6.07) is 21.1. The Bertz CT molecular complexity index is 1120. The van der Waals surface area contributed by atoms with Crippen molar-refractivity contribution in [3.63, 3.8) is 0 Å². The van der Waals surface area contributed by atoms with E-state index in [9.17, 15) is 5.11 Å². The van der Waals surface area contributed by atoms with Crippen molar-refractivity contribution in [1.29, 1.82) is 0 Å². The van der Waals surface area contributed by atoms with Crippen LogP contribution < -0.4 is 0 Å². The number of nitrogens with zero attached hydrogens (tertiary/aromatic N) is 2. The minimum atomic E-state index is 0.0312. The van der Waals surface area contributed by atoms with Crippen molar-refractivity contribution in [2.75, 3.05) is 0 Å². The standard InChI is InChI=1S/C24H24N2O/c1-4-26-23-12-10-18(15-27)14-22(23)25-24(26)21-8-6-5-7-20(21)19-11-9-16(2)13-17(19)3/h5-14,27H,4,15H2,1-3H3. The third-order valence-electron chi connectivity index (χ3n) is 5.15. The summed E-state index contributed by atoms with van der Waals surface area (Å²) in [5.74, 6) is 0.971. The molecule has 0 aliphatic heterocycles. The lowest BCUT2D eigenvalue weighted by molar-refractivity contribution is 0.282. The monoisotopic (exact) mass is 356 g/mol. The van der Waals surface area contributed by atoms with Crippen molar-refractivity contribution in [3.05, 3.63) is 77.4 Å². The summed E-state index contributed by atoms with van der Waals surface area (Å²) < 4.78 is 2.25. The van der Waals surface area contributed by atoms with Crippen LogP contribution in [0.4, 0.5) is 0 Å². The van der Waals surface area contributed by atoms with Gasteiger partial charge in [-0.2, -0.15) is 0 Å². The van der Waals surface area contributed by atoms with Crippen LogP contribution in [0, 0.1) is 13.8 Å². The second-order valence-electron chi connectivity index (χ2n) is 7.02. The van der Waals surface area contributed by atoms with Crippen LogP contribution >= 0.6 is 0 Å². The number of fused-ring (bicyclic) bond motifs is 1. The fourth-order valence-electron chi connectivity index (χ4n) is 3.83. The highest BCUT2D eigenvalue weighted by Crippen LogP contribution is 2.35. The third-order valence-corrected chi connectivity index (χ3v) is 5.15. The highest BCUT2D eigenvalue weighted by molar-refractivity contribution is 5.87. The largest absolute Gasteiger partial charge is 0.392 e. The van der Waals surface area contributed by atoms with E-state index in [4.69, 9.17) is 4.98 Å². The summed E-state index contributed by atoms with van der Waals surface area (Å²) in [6.07, 6.45) is 0. The molecule has 3 aromatic carbocycles. The number of imidazole rings is 1. The molecule has 0 amide bonds. The van der Waals surface area contributed by atoms with E-state index in [1.165, 1.54) is 22.3 Å². The predicted molar refractivity (Wildman–Crippen MR) is 112 cm³/mol. The van der Waals surface area contributed by atoms with Crippen molar-refractivity contribution in [2.45, 2.75) is 33.9 Å². The molecule has 0 aliphatic carbocycles. The second-order valence-corrected chi connectivity index (χ2v) is 7.02. The Morgan fingerprint density at radius 1 is 0.889 bits per heavy atom. The van der Waals surface area contributed by atoms with Crippen LogP contribution in [0.15, 0.2) is 60.7 Å². The van der Waals surface area contributed by atoms with Gasteiger partial charge in [-0.25, -0.2) is 4.98 Å². The Labute approximate surface area is 159 Å². The molecule has 0 spiro atoms. The van der Waals surface area contributed by atoms with E-state index in [0.717, 1.165) is 34.5 Å². The SMILES string of the molecule is CCn1c(-c2ccccc2-c2ccc(C)cc2C)nc2cc(CO)ccc21. The van der Waals surface area contributed by atoms with E-state index in [1.54, 1.807) is 0 Å². The van der Waals surface area contributed by atoms with Gasteiger partial charge in [0, 0.05) is 12.1 Å². The van der Waals surface area contributed by atoms with Crippen LogP contribution in [0.25, 0.3) is 33.5 Å². The summed E-state index contributed by atoms with van der Waals surface area (Å²) in [4.78, 5) is 4.95. The summed E-state index contributed by atoms with van der Waals surface area (Å²) in [6.45, 7) is 7.30. The normalized spacial score (nSPS) is 11.3. The molecule has 4 aromatic rings. The molecule has 136 valence electrons. The van der Waals surface area contributed by atoms with Crippen molar-refractivity contribution in [3.8, 4) is 22.5 Å². The Kier molecular flexibility index (Phi) is 4.54. The van der Waals surface area contributed by atoms with Crippen LogP contribution in [-0.2, 0) is 13.2 Å². The molecule has 0 atom stereocenters. The Morgan fingerprint density at radius 3 is 2.37 bits per heavy atom. The van der Waals surface area contributed by atoms with E-state index < -0.39 is 0 Å². The fourth-order valence-corrected chi connectivity index (χ4v) is 3.83. The minimum absolute atomic E-state index is 0.0312. The first-order valence-electron chi connectivity index (χ1n) is 9.39. The van der Waals surface area contributed by atoms with Crippen LogP contribution in [0.2, 0.25) is 0 Å². The summed E-state index contributed by atoms with van der Waals surface area (Å²) >= 11 is 0. The molecular weight excluding hydrogens is 332 g/mol. The van der Waals surface area contributed by atoms with Gasteiger partial charge in [-0.1, -0.05) is 54.1 Å². The lowest BCUT2D eigenvalue weighted by Gasteiger charge is -2.14. The van der Waals surface area contributed by atoms with Crippen molar-refractivity contribution in [1.82, 2.24) is 9.55 Å². The van der Waals surface area contributed by atoms with Gasteiger partial charge in [-0.3, -0.25) is 0 Å². The molecule has 3 heteroatoms. The maximum absolute atomic E-state index is 9.46. The van der Waals surface area contributed by atoms with Gasteiger partial charge in [-0.05, 0) is 55.2 Å². The number of hydrogen-bond donors (Lipinski definition) is 1. The zero-order valence-corrected chi connectivity index (χ0v) is 16.0. The average Bonchev–Trinajstić information content (AvgIpc) is 3.05. The van der Waals surface area contributed by atoms with Gasteiger partial charge in [0.15, 0.2) is 0 Å². The molecular formula is C24H24N2O. The van der Waals surface area contributed by atoms with Gasteiger partial charge in [0.1, 0.15) is 5.82 Å². The van der Waals surface area contributed by atoms with Crippen LogP contribution in [0.3, 0.4) is 0 Å². The highest BCUT2D eigenvalue weighted by atomic mass is 16.3. The van der Waals surface area contributed by atoms with Gasteiger partial charge >= 0.3 is 0 Å². The van der Waals surface area contributed by atoms with Crippen LogP contribution in [0.5, 0.6) is 0 Å². The molecule has 0 radical (unpaired) electrons. The lowest BCUT2D eigenvalue weighted by Crippen LogP contribution is -1.99. The lowest BCUT2D eigenvalue weighted by atomic mass is 9.94. The molecule has 0 fully saturated rings. The molecule has 1 N–H and O–H groups in total. The molecule has 1 heterocycles. The molecule has 27 heavy (non-hydrogen) atoms. The average molecular weight is 356 g/mol. The number of benzene rings is 3. The molecule has 1 aromatic heterocycles. The molecule has 0 bridgehead atoms. The number of aliphatic hydroxyl groups excluding tert-OH is 1. The van der Waals surface area contributed by atoms with E-state index >= 15 is 0 Å². The summed E-state index contributed by atoms with van der Waals surface area (Å²) in [7, 11) is 0. The minimum Gasteiger partial charge on any atom is -0.392 e. The fraction of sp³-hybridized carbons (Fsp3) is 0.208. The van der Waals surface area contributed by atoms with Crippen molar-refractivity contribution >= 4 is 11.0 Å². The topological polar surface area (TPSA) is 38.0 Å². The number of hydrogen-bond acceptors (Lipinski definition) is 2. The molecule has 3 nitrogen and oxygen atoms in total. The number of aliphatic hydroxyl groups is 1. The van der Waals surface area contributed by atoms with Crippen LogP contribution in [-0.4, -0.2) is 14.7 Å². The van der Waals surface area contributed by atoms with E-state index in [-0.39, 0.29) is 6.61 Å². The van der Waals surface area contributed by atoms with Gasteiger partial charge in [0.2, 0.25) is 0 Å². The Morgan fingerprint density at radius 2 is 1.67 bits per heavy atom. The first-order chi connectivity index (χ1) is 13.1. The number of aryl methyl sites for hydroxylation is 3. The van der Waals surface area contributed by atoms with Gasteiger partial charge in [0.05, 0.1) is 17.6 Å². The van der Waals surface area contributed by atoms with E-state index in [2.05, 4.69) is 73.9 Å². The van der Waals surface area contributed by atoms with Crippen molar-refractivity contribution < 1.29 is 5.11 Å². The molecule has 0 saturated heterocycles. The van der Waals surface area contributed by atoms with Crippen LogP contribution in [0.1, 0.15) is 23.6 Å². The third kappa shape index (κ3) is 3.04. The molecule has 0 unspecified atom stereocenters. The smallest absolute Gasteiger partial charge is 0.141 e.